The summed E-state index contributed by atoms with van der Waals surface area (Å²) in [6, 6.07) is 30.4. The van der Waals surface area contributed by atoms with Crippen molar-refractivity contribution >= 4 is 32.3 Å². The summed E-state index contributed by atoms with van der Waals surface area (Å²) in [6.07, 6.45) is 3.70. The maximum Gasteiger partial charge on any atom is 0.460 e. The van der Waals surface area contributed by atoms with Crippen LogP contribution < -0.4 is 9.47 Å². The van der Waals surface area contributed by atoms with Crippen LogP contribution in [0.2, 0.25) is 0 Å². The Balaban J connectivity index is 1.35. The molecule has 0 spiro atoms. The van der Waals surface area contributed by atoms with Gasteiger partial charge in [-0.15, -0.1) is 0 Å². The second-order valence-corrected chi connectivity index (χ2v) is 8.55. The topological polar surface area (TPSA) is 57.2 Å². The lowest BCUT2D eigenvalue weighted by Gasteiger charge is -2.17. The highest BCUT2D eigenvalue weighted by molar-refractivity contribution is 7.41. The average molecular weight is 466 g/mol. The summed E-state index contributed by atoms with van der Waals surface area (Å²) in [6.45, 7) is 0. The molecule has 0 aliphatic carbocycles. The molecule has 0 saturated carbocycles. The van der Waals surface area contributed by atoms with Gasteiger partial charge in [-0.3, -0.25) is 0 Å². The molecule has 2 heterocycles. The predicted molar refractivity (Wildman–Crippen MR) is 133 cm³/mol. The third kappa shape index (κ3) is 3.92. The molecule has 2 aliphatic rings. The third-order valence-electron chi connectivity index (χ3n) is 5.51. The lowest BCUT2D eigenvalue weighted by molar-refractivity contribution is 0.348. The highest BCUT2D eigenvalue weighted by Crippen LogP contribution is 2.49. The van der Waals surface area contributed by atoms with Crippen molar-refractivity contribution < 1.29 is 23.4 Å². The van der Waals surface area contributed by atoms with Crippen LogP contribution in [0, 0.1) is 0 Å². The summed E-state index contributed by atoms with van der Waals surface area (Å²) in [7, 11) is -2.33. The van der Waals surface area contributed by atoms with E-state index in [2.05, 4.69) is 0 Å². The summed E-state index contributed by atoms with van der Waals surface area (Å²) in [5.41, 5.74) is 3.15. The molecule has 0 atom stereocenters. The van der Waals surface area contributed by atoms with Gasteiger partial charge < -0.3 is 23.4 Å². The molecule has 0 unspecified atom stereocenters. The molecule has 0 radical (unpaired) electrons. The van der Waals surface area contributed by atoms with Gasteiger partial charge in [-0.2, -0.15) is 0 Å². The summed E-state index contributed by atoms with van der Waals surface area (Å²) >= 11 is 0. The van der Waals surface area contributed by atoms with Crippen molar-refractivity contribution in [1.29, 1.82) is 0 Å². The molecule has 4 aromatic carbocycles. The Morgan fingerprint density at radius 2 is 0.882 bits per heavy atom. The molecule has 0 amide bonds. The van der Waals surface area contributed by atoms with Crippen molar-refractivity contribution in [1.82, 2.24) is 0 Å². The number of hydrogen-bond donors (Lipinski definition) is 1. The summed E-state index contributed by atoms with van der Waals surface area (Å²) < 4.78 is 24.2. The molecule has 0 fully saturated rings. The fourth-order valence-electron chi connectivity index (χ4n) is 3.92. The van der Waals surface area contributed by atoms with Crippen LogP contribution in [0.4, 0.5) is 0 Å². The molecule has 166 valence electrons. The van der Waals surface area contributed by atoms with Gasteiger partial charge in [-0.1, -0.05) is 60.7 Å². The molecule has 6 rings (SSSR count). The SMILES string of the molecule is OP(OC1=Cc2ccccc2Oc2ccccc21)OC1=Cc2ccccc2Oc2ccccc21. The van der Waals surface area contributed by atoms with Crippen molar-refractivity contribution in [3.8, 4) is 23.0 Å². The number of para-hydroxylation sites is 4. The first-order chi connectivity index (χ1) is 16.7. The van der Waals surface area contributed by atoms with Gasteiger partial charge in [0.2, 0.25) is 0 Å². The van der Waals surface area contributed by atoms with Gasteiger partial charge in [0.1, 0.15) is 34.5 Å². The Morgan fingerprint density at radius 3 is 1.35 bits per heavy atom. The Bertz CT molecular complexity index is 1330. The molecule has 6 heteroatoms. The lowest BCUT2D eigenvalue weighted by atomic mass is 10.1. The molecular formula is C28H19O5P. The molecule has 4 aromatic rings. The van der Waals surface area contributed by atoms with E-state index in [9.17, 15) is 4.89 Å². The first-order valence-electron chi connectivity index (χ1n) is 10.8. The van der Waals surface area contributed by atoms with Gasteiger partial charge in [0.25, 0.3) is 0 Å². The minimum atomic E-state index is -2.33. The first kappa shape index (κ1) is 20.5. The van der Waals surface area contributed by atoms with Gasteiger partial charge in [-0.25, -0.2) is 0 Å². The summed E-state index contributed by atoms with van der Waals surface area (Å²) in [5.74, 6) is 3.64. The Morgan fingerprint density at radius 1 is 0.500 bits per heavy atom. The van der Waals surface area contributed by atoms with Gasteiger partial charge in [-0.05, 0) is 48.6 Å². The normalized spacial score (nSPS) is 13.4. The highest BCUT2D eigenvalue weighted by Gasteiger charge is 2.25. The van der Waals surface area contributed by atoms with E-state index in [-0.39, 0.29) is 0 Å². The third-order valence-corrected chi connectivity index (χ3v) is 6.21. The van der Waals surface area contributed by atoms with Crippen LogP contribution >= 0.6 is 8.60 Å². The second-order valence-electron chi connectivity index (χ2n) is 7.71. The van der Waals surface area contributed by atoms with Crippen LogP contribution in [0.3, 0.4) is 0 Å². The molecule has 0 bridgehead atoms. The Kier molecular flexibility index (Phi) is 5.27. The largest absolute Gasteiger partial charge is 0.460 e. The first-order valence-corrected chi connectivity index (χ1v) is 11.9. The van der Waals surface area contributed by atoms with Crippen LogP contribution in [-0.4, -0.2) is 4.89 Å². The second kappa shape index (κ2) is 8.71. The zero-order chi connectivity index (χ0) is 22.9. The van der Waals surface area contributed by atoms with E-state index >= 15 is 0 Å². The van der Waals surface area contributed by atoms with Crippen molar-refractivity contribution in [3.63, 3.8) is 0 Å². The molecular weight excluding hydrogens is 447 g/mol. The van der Waals surface area contributed by atoms with Crippen LogP contribution in [-0.2, 0) is 9.05 Å². The van der Waals surface area contributed by atoms with E-state index in [1.54, 1.807) is 0 Å². The Labute approximate surface area is 198 Å². The summed E-state index contributed by atoms with van der Waals surface area (Å²) in [5, 5.41) is 0. The fraction of sp³-hybridized carbons (Fsp3) is 0. The van der Waals surface area contributed by atoms with Gasteiger partial charge in [0.05, 0.1) is 11.1 Å². The number of fused-ring (bicyclic) bond motifs is 4. The van der Waals surface area contributed by atoms with Crippen LogP contribution in [0.25, 0.3) is 23.7 Å². The molecule has 2 aliphatic heterocycles. The fourth-order valence-corrected chi connectivity index (χ4v) is 4.59. The van der Waals surface area contributed by atoms with E-state index in [1.807, 2.05) is 109 Å². The van der Waals surface area contributed by atoms with Crippen molar-refractivity contribution in [3.05, 3.63) is 119 Å². The highest BCUT2D eigenvalue weighted by atomic mass is 31.2. The maximum absolute atomic E-state index is 10.9. The van der Waals surface area contributed by atoms with Crippen LogP contribution in [0.1, 0.15) is 22.3 Å². The zero-order valence-corrected chi connectivity index (χ0v) is 18.8. The molecule has 0 aromatic heterocycles. The minimum absolute atomic E-state index is 0.466. The van der Waals surface area contributed by atoms with E-state index in [0.29, 0.717) is 34.5 Å². The lowest BCUT2D eigenvalue weighted by Crippen LogP contribution is -1.94. The number of rotatable bonds is 4. The number of hydrogen-bond acceptors (Lipinski definition) is 5. The number of ether oxygens (including phenoxy) is 2. The average Bonchev–Trinajstić information content (AvgIpc) is 3.11. The molecule has 5 nitrogen and oxygen atoms in total. The molecule has 0 saturated heterocycles. The molecule has 34 heavy (non-hydrogen) atoms. The van der Waals surface area contributed by atoms with Crippen LogP contribution in [0.5, 0.6) is 23.0 Å². The smallest absolute Gasteiger partial charge is 0.456 e. The quantitative estimate of drug-likeness (QED) is 0.311. The van der Waals surface area contributed by atoms with E-state index < -0.39 is 8.60 Å². The zero-order valence-electron chi connectivity index (χ0n) is 17.9. The van der Waals surface area contributed by atoms with E-state index in [1.165, 1.54) is 0 Å². The monoisotopic (exact) mass is 466 g/mol. The maximum atomic E-state index is 10.9. The minimum Gasteiger partial charge on any atom is -0.456 e. The van der Waals surface area contributed by atoms with Crippen molar-refractivity contribution in [2.45, 2.75) is 0 Å². The van der Waals surface area contributed by atoms with Crippen molar-refractivity contribution in [2.75, 3.05) is 0 Å². The standard InChI is InChI=1S/C28H19O5P/c29-34(32-27-17-19-9-1-5-13-23(19)30-25-15-7-3-11-21(25)27)33-28-18-20-10-2-6-14-24(20)31-26-16-8-4-12-22(26)28/h1-18,29H. The van der Waals surface area contributed by atoms with Gasteiger partial charge in [0, 0.05) is 11.1 Å². The number of benzene rings is 4. The Hall–Kier alpha value is -4.05. The summed E-state index contributed by atoms with van der Waals surface area (Å²) in [4.78, 5) is 10.9. The van der Waals surface area contributed by atoms with Gasteiger partial charge in [0.15, 0.2) is 0 Å². The van der Waals surface area contributed by atoms with Gasteiger partial charge >= 0.3 is 8.60 Å². The van der Waals surface area contributed by atoms with Crippen molar-refractivity contribution in [2.24, 2.45) is 0 Å². The van der Waals surface area contributed by atoms with E-state index in [0.717, 1.165) is 22.3 Å². The molecule has 1 N–H and O–H groups in total. The predicted octanol–water partition coefficient (Wildman–Crippen LogP) is 7.85. The van der Waals surface area contributed by atoms with E-state index in [4.69, 9.17) is 18.5 Å². The van der Waals surface area contributed by atoms with Crippen LogP contribution in [0.15, 0.2) is 97.1 Å².